The topological polar surface area (TPSA) is 90.9 Å². The molecule has 3 rings (SSSR count). The second kappa shape index (κ2) is 7.50. The number of benzene rings is 1. The van der Waals surface area contributed by atoms with Crippen molar-refractivity contribution in [2.24, 2.45) is 4.40 Å². The van der Waals surface area contributed by atoms with Crippen LogP contribution in [0.3, 0.4) is 0 Å². The highest BCUT2D eigenvalue weighted by Crippen LogP contribution is 2.26. The summed E-state index contributed by atoms with van der Waals surface area (Å²) in [4.78, 5) is 13.9. The van der Waals surface area contributed by atoms with Crippen LogP contribution in [0.15, 0.2) is 33.6 Å². The monoisotopic (exact) mass is 372 g/mol. The molecule has 7 nitrogen and oxygen atoms in total. The van der Waals surface area contributed by atoms with Gasteiger partial charge in [0.1, 0.15) is 4.90 Å². The molecule has 2 N–H and O–H groups in total. The molecule has 1 aromatic rings. The first kappa shape index (κ1) is 18.7. The van der Waals surface area contributed by atoms with E-state index in [1.807, 2.05) is 0 Å². The Hall–Kier alpha value is -1.64. The molecule has 24 heavy (non-hydrogen) atoms. The molecule has 0 saturated carbocycles. The lowest BCUT2D eigenvalue weighted by atomic mass is 10.1. The van der Waals surface area contributed by atoms with Crippen molar-refractivity contribution in [3.63, 3.8) is 0 Å². The predicted octanol–water partition coefficient (Wildman–Crippen LogP) is 0.357. The van der Waals surface area contributed by atoms with Crippen molar-refractivity contribution in [1.82, 2.24) is 15.5 Å². The summed E-state index contributed by atoms with van der Waals surface area (Å²) in [6, 6.07) is 6.79. The molecule has 1 atom stereocenters. The summed E-state index contributed by atoms with van der Waals surface area (Å²) in [5.41, 5.74) is 0.544. The van der Waals surface area contributed by atoms with Gasteiger partial charge in [-0.15, -0.1) is 16.8 Å². The van der Waals surface area contributed by atoms with Gasteiger partial charge in [-0.3, -0.25) is 4.79 Å². The van der Waals surface area contributed by atoms with Gasteiger partial charge in [-0.1, -0.05) is 12.1 Å². The maximum absolute atomic E-state index is 12.2. The Morgan fingerprint density at radius 2 is 2.17 bits per heavy atom. The number of carbonyl (C=O) groups is 1. The number of nitrogens with zero attached hydrogens (tertiary/aromatic N) is 2. The summed E-state index contributed by atoms with van der Waals surface area (Å²) in [6.07, 6.45) is 2.00. The van der Waals surface area contributed by atoms with Crippen molar-refractivity contribution >= 4 is 34.2 Å². The van der Waals surface area contributed by atoms with E-state index in [1.165, 1.54) is 6.07 Å². The van der Waals surface area contributed by atoms with E-state index in [9.17, 15) is 13.2 Å². The minimum absolute atomic E-state index is 0. The third-order valence-electron chi connectivity index (χ3n) is 4.02. The lowest BCUT2D eigenvalue weighted by Gasteiger charge is -2.25. The van der Waals surface area contributed by atoms with E-state index in [0.717, 1.165) is 25.9 Å². The normalized spacial score (nSPS) is 21.2. The van der Waals surface area contributed by atoms with E-state index in [4.69, 9.17) is 0 Å². The summed E-state index contributed by atoms with van der Waals surface area (Å²) in [5.74, 6) is 0.184. The van der Waals surface area contributed by atoms with Crippen LogP contribution in [0.1, 0.15) is 18.4 Å². The summed E-state index contributed by atoms with van der Waals surface area (Å²) in [7, 11) is -1.98. The lowest BCUT2D eigenvalue weighted by Crippen LogP contribution is -2.48. The summed E-state index contributed by atoms with van der Waals surface area (Å²) < 4.78 is 27.9. The molecule has 1 amide bonds. The van der Waals surface area contributed by atoms with Gasteiger partial charge in [0.15, 0.2) is 5.84 Å². The van der Waals surface area contributed by atoms with Crippen LogP contribution in [-0.4, -0.2) is 57.8 Å². The maximum Gasteiger partial charge on any atom is 0.285 e. The van der Waals surface area contributed by atoms with Crippen LogP contribution in [0.2, 0.25) is 0 Å². The highest BCUT2D eigenvalue weighted by Gasteiger charge is 2.31. The number of amides is 1. The van der Waals surface area contributed by atoms with Crippen molar-refractivity contribution in [1.29, 1.82) is 0 Å². The third kappa shape index (κ3) is 3.88. The Bertz CT molecular complexity index is 745. The quantitative estimate of drug-likeness (QED) is 0.799. The number of rotatable bonds is 3. The molecular formula is C15H21ClN4O3S. The predicted molar refractivity (Wildman–Crippen MR) is 94.1 cm³/mol. The molecule has 0 radical (unpaired) electrons. The van der Waals surface area contributed by atoms with Gasteiger partial charge >= 0.3 is 0 Å². The number of halogens is 1. The van der Waals surface area contributed by atoms with Gasteiger partial charge in [-0.2, -0.15) is 8.42 Å². The number of sulfonamides is 1. The van der Waals surface area contributed by atoms with Crippen LogP contribution in [0.4, 0.5) is 0 Å². The van der Waals surface area contributed by atoms with Crippen molar-refractivity contribution < 1.29 is 13.2 Å². The van der Waals surface area contributed by atoms with Gasteiger partial charge in [-0.05, 0) is 31.5 Å². The van der Waals surface area contributed by atoms with Gasteiger partial charge in [0.2, 0.25) is 5.91 Å². The summed E-state index contributed by atoms with van der Waals surface area (Å²) in [6.45, 7) is 1.82. The van der Waals surface area contributed by atoms with Gasteiger partial charge in [-0.25, -0.2) is 0 Å². The lowest BCUT2D eigenvalue weighted by molar-refractivity contribution is -0.122. The second-order valence-corrected chi connectivity index (χ2v) is 7.43. The zero-order valence-corrected chi connectivity index (χ0v) is 15.0. The fourth-order valence-corrected chi connectivity index (χ4v) is 4.15. The molecule has 132 valence electrons. The van der Waals surface area contributed by atoms with Crippen molar-refractivity contribution in [2.45, 2.75) is 23.8 Å². The SMILES string of the molecule is CN(CC(=O)NC1CCCNC1)C1=NS(=O)(=O)c2ccccc21.Cl. The highest BCUT2D eigenvalue weighted by molar-refractivity contribution is 7.90. The van der Waals surface area contributed by atoms with Gasteiger partial charge in [0, 0.05) is 25.2 Å². The number of fused-ring (bicyclic) bond motifs is 1. The van der Waals surface area contributed by atoms with Crippen LogP contribution in [0, 0.1) is 0 Å². The van der Waals surface area contributed by atoms with E-state index < -0.39 is 10.0 Å². The largest absolute Gasteiger partial charge is 0.351 e. The third-order valence-corrected chi connectivity index (χ3v) is 5.34. The Morgan fingerprint density at radius 3 is 2.88 bits per heavy atom. The fraction of sp³-hybridized carbons (Fsp3) is 0.467. The average Bonchev–Trinajstić information content (AvgIpc) is 2.80. The number of likely N-dealkylation sites (N-methyl/N-ethyl adjacent to an activating group) is 1. The average molecular weight is 373 g/mol. The minimum Gasteiger partial charge on any atom is -0.351 e. The molecule has 2 aliphatic heterocycles. The van der Waals surface area contributed by atoms with E-state index in [1.54, 1.807) is 30.1 Å². The second-order valence-electron chi connectivity index (χ2n) is 5.85. The van der Waals surface area contributed by atoms with Crippen molar-refractivity contribution in [2.75, 3.05) is 26.7 Å². The number of hydrogen-bond acceptors (Lipinski definition) is 5. The summed E-state index contributed by atoms with van der Waals surface area (Å²) >= 11 is 0. The molecular weight excluding hydrogens is 352 g/mol. The van der Waals surface area contributed by atoms with Crippen LogP contribution < -0.4 is 10.6 Å². The Kier molecular flexibility index (Phi) is 5.84. The van der Waals surface area contributed by atoms with Crippen molar-refractivity contribution in [3.8, 4) is 0 Å². The van der Waals surface area contributed by atoms with Gasteiger partial charge < -0.3 is 15.5 Å². The number of carbonyl (C=O) groups excluding carboxylic acids is 1. The van der Waals surface area contributed by atoms with E-state index in [2.05, 4.69) is 15.0 Å². The van der Waals surface area contributed by atoms with Gasteiger partial charge in [0.05, 0.1) is 6.54 Å². The standard InChI is InChI=1S/C15H20N4O3S.ClH/c1-19(10-14(20)17-11-5-4-8-16-9-11)15-12-6-2-3-7-13(12)23(21,22)18-15;/h2-3,6-7,11,16H,4-5,8-10H2,1H3,(H,17,20);1H. The minimum atomic E-state index is -3.66. The highest BCUT2D eigenvalue weighted by atomic mass is 35.5. The van der Waals surface area contributed by atoms with Gasteiger partial charge in [0.25, 0.3) is 10.0 Å². The molecule has 0 aromatic heterocycles. The Balaban J connectivity index is 0.00000208. The van der Waals surface area contributed by atoms with E-state index in [-0.39, 0.29) is 35.8 Å². The molecule has 0 spiro atoms. The van der Waals surface area contributed by atoms with Crippen LogP contribution >= 0.6 is 12.4 Å². The molecule has 1 fully saturated rings. The Morgan fingerprint density at radius 1 is 1.42 bits per heavy atom. The molecule has 1 saturated heterocycles. The molecule has 2 heterocycles. The first-order valence-electron chi connectivity index (χ1n) is 7.63. The molecule has 1 aromatic carbocycles. The molecule has 0 bridgehead atoms. The smallest absolute Gasteiger partial charge is 0.285 e. The first-order chi connectivity index (χ1) is 11.0. The van der Waals surface area contributed by atoms with Crippen LogP contribution in [-0.2, 0) is 14.8 Å². The van der Waals surface area contributed by atoms with E-state index in [0.29, 0.717) is 11.4 Å². The Labute approximate surface area is 148 Å². The van der Waals surface area contributed by atoms with Crippen LogP contribution in [0.5, 0.6) is 0 Å². The number of hydrogen-bond donors (Lipinski definition) is 2. The zero-order chi connectivity index (χ0) is 16.4. The first-order valence-corrected chi connectivity index (χ1v) is 9.07. The summed E-state index contributed by atoms with van der Waals surface area (Å²) in [5, 5.41) is 6.21. The van der Waals surface area contributed by atoms with Crippen LogP contribution in [0.25, 0.3) is 0 Å². The van der Waals surface area contributed by atoms with Crippen molar-refractivity contribution in [3.05, 3.63) is 29.8 Å². The fourth-order valence-electron chi connectivity index (χ4n) is 2.90. The number of amidine groups is 1. The number of piperidine rings is 1. The maximum atomic E-state index is 12.2. The number of nitrogens with one attached hydrogen (secondary N) is 2. The molecule has 0 aliphatic carbocycles. The molecule has 1 unspecified atom stereocenters. The van der Waals surface area contributed by atoms with E-state index >= 15 is 0 Å². The molecule has 9 heteroatoms. The zero-order valence-electron chi connectivity index (χ0n) is 13.4. The molecule has 2 aliphatic rings.